The Morgan fingerprint density at radius 3 is 2.82 bits per heavy atom. The first-order valence-electron chi connectivity index (χ1n) is 5.39. The molecule has 90 valence electrons. The minimum absolute atomic E-state index is 0.0987. The molecule has 2 aromatic rings. The molecular weight excluding hydrogens is 221 g/mol. The van der Waals surface area contributed by atoms with Crippen LogP contribution in [0, 0.1) is 11.7 Å². The Bertz CT molecular complexity index is 520. The molecule has 1 aromatic heterocycles. The fourth-order valence-corrected chi connectivity index (χ4v) is 1.56. The highest BCUT2D eigenvalue weighted by molar-refractivity contribution is 5.61. The van der Waals surface area contributed by atoms with Gasteiger partial charge in [-0.05, 0) is 34.5 Å². The molecule has 0 bridgehead atoms. The topological polar surface area (TPSA) is 69.6 Å². The van der Waals surface area contributed by atoms with Crippen LogP contribution in [0.25, 0.3) is 11.4 Å². The van der Waals surface area contributed by atoms with E-state index in [9.17, 15) is 4.39 Å². The van der Waals surface area contributed by atoms with Crippen molar-refractivity contribution in [1.29, 1.82) is 0 Å². The average Bonchev–Trinajstić information content (AvgIpc) is 2.69. The van der Waals surface area contributed by atoms with E-state index < -0.39 is 5.82 Å². The van der Waals surface area contributed by atoms with Crippen LogP contribution in [-0.4, -0.2) is 20.2 Å². The van der Waals surface area contributed by atoms with Crippen molar-refractivity contribution in [1.82, 2.24) is 20.2 Å². The minimum Gasteiger partial charge on any atom is -0.396 e. The van der Waals surface area contributed by atoms with Crippen molar-refractivity contribution in [3.63, 3.8) is 0 Å². The third-order valence-electron chi connectivity index (χ3n) is 2.32. The average molecular weight is 235 g/mol. The molecule has 0 aliphatic rings. The van der Waals surface area contributed by atoms with Crippen molar-refractivity contribution >= 4 is 5.69 Å². The van der Waals surface area contributed by atoms with Crippen LogP contribution in [0.2, 0.25) is 0 Å². The highest BCUT2D eigenvalue weighted by Crippen LogP contribution is 2.21. The first kappa shape index (κ1) is 11.5. The van der Waals surface area contributed by atoms with Crippen LogP contribution in [0.5, 0.6) is 0 Å². The quantitative estimate of drug-likeness (QED) is 0.822. The first-order chi connectivity index (χ1) is 8.08. The molecule has 0 fully saturated rings. The molecular formula is C11H14FN5. The van der Waals surface area contributed by atoms with Crippen LogP contribution in [0.1, 0.15) is 13.8 Å². The molecule has 5 nitrogen and oxygen atoms in total. The number of hydrogen-bond donors (Lipinski definition) is 1. The summed E-state index contributed by atoms with van der Waals surface area (Å²) in [4.78, 5) is 0. The molecule has 6 heteroatoms. The monoisotopic (exact) mass is 235 g/mol. The summed E-state index contributed by atoms with van der Waals surface area (Å²) in [7, 11) is 0. The lowest BCUT2D eigenvalue weighted by Crippen LogP contribution is -2.08. The predicted octanol–water partition coefficient (Wildman–Crippen LogP) is 1.72. The summed E-state index contributed by atoms with van der Waals surface area (Å²) in [5.74, 6) is 0.595. The number of hydrogen-bond acceptors (Lipinski definition) is 4. The zero-order chi connectivity index (χ0) is 12.4. The molecule has 0 saturated heterocycles. The van der Waals surface area contributed by atoms with Gasteiger partial charge in [-0.3, -0.25) is 0 Å². The third kappa shape index (κ3) is 2.41. The summed E-state index contributed by atoms with van der Waals surface area (Å²) in [6, 6.07) is 4.48. The van der Waals surface area contributed by atoms with E-state index in [1.807, 2.05) is 0 Å². The summed E-state index contributed by atoms with van der Waals surface area (Å²) in [5, 5.41) is 11.5. The Hall–Kier alpha value is -1.98. The lowest BCUT2D eigenvalue weighted by Gasteiger charge is -2.07. The number of nitrogens with two attached hydrogens (primary N) is 1. The second-order valence-corrected chi connectivity index (χ2v) is 4.31. The fourth-order valence-electron chi connectivity index (χ4n) is 1.56. The fraction of sp³-hybridized carbons (Fsp3) is 0.364. The van der Waals surface area contributed by atoms with Gasteiger partial charge in [0.15, 0.2) is 5.82 Å². The van der Waals surface area contributed by atoms with Crippen molar-refractivity contribution in [3.05, 3.63) is 24.0 Å². The van der Waals surface area contributed by atoms with Gasteiger partial charge in [-0.25, -0.2) is 9.07 Å². The van der Waals surface area contributed by atoms with Crippen molar-refractivity contribution in [2.45, 2.75) is 20.4 Å². The van der Waals surface area contributed by atoms with E-state index in [1.54, 1.807) is 10.7 Å². The van der Waals surface area contributed by atoms with Crippen LogP contribution in [0.3, 0.4) is 0 Å². The summed E-state index contributed by atoms with van der Waals surface area (Å²) < 4.78 is 14.8. The van der Waals surface area contributed by atoms with Crippen LogP contribution >= 0.6 is 0 Å². The molecule has 1 heterocycles. The number of anilines is 1. The maximum atomic E-state index is 13.1. The molecule has 0 aliphatic carbocycles. The summed E-state index contributed by atoms with van der Waals surface area (Å²) in [5.41, 5.74) is 6.34. The van der Waals surface area contributed by atoms with Crippen LogP contribution in [-0.2, 0) is 6.54 Å². The Morgan fingerprint density at radius 1 is 1.41 bits per heavy atom. The van der Waals surface area contributed by atoms with Crippen molar-refractivity contribution in [2.24, 2.45) is 5.92 Å². The maximum Gasteiger partial charge on any atom is 0.182 e. The lowest BCUT2D eigenvalue weighted by molar-refractivity contribution is 0.475. The predicted molar refractivity (Wildman–Crippen MR) is 62.5 cm³/mol. The number of tetrazole rings is 1. The van der Waals surface area contributed by atoms with E-state index in [1.165, 1.54) is 12.1 Å². The molecule has 17 heavy (non-hydrogen) atoms. The van der Waals surface area contributed by atoms with Gasteiger partial charge in [-0.2, -0.15) is 0 Å². The molecule has 0 amide bonds. The van der Waals surface area contributed by atoms with Crippen LogP contribution < -0.4 is 5.73 Å². The van der Waals surface area contributed by atoms with Gasteiger partial charge in [0, 0.05) is 12.1 Å². The molecule has 0 radical (unpaired) electrons. The highest BCUT2D eigenvalue weighted by Gasteiger charge is 2.11. The number of halogens is 1. The summed E-state index contributed by atoms with van der Waals surface area (Å²) in [6.07, 6.45) is 0. The number of aromatic nitrogens is 4. The Kier molecular flexibility index (Phi) is 3.03. The molecule has 0 unspecified atom stereocenters. The highest BCUT2D eigenvalue weighted by atomic mass is 19.1. The Morgan fingerprint density at radius 2 is 2.18 bits per heavy atom. The Balaban J connectivity index is 2.39. The molecule has 0 saturated carbocycles. The van der Waals surface area contributed by atoms with E-state index in [0.717, 1.165) is 5.56 Å². The van der Waals surface area contributed by atoms with Gasteiger partial charge in [-0.15, -0.1) is 5.10 Å². The van der Waals surface area contributed by atoms with Crippen molar-refractivity contribution in [2.75, 3.05) is 5.73 Å². The van der Waals surface area contributed by atoms with E-state index in [0.29, 0.717) is 18.3 Å². The molecule has 0 aliphatic heterocycles. The Labute approximate surface area is 98.4 Å². The number of nitrogen functional groups attached to an aromatic ring is 1. The van der Waals surface area contributed by atoms with E-state index in [2.05, 4.69) is 29.4 Å². The van der Waals surface area contributed by atoms with Crippen LogP contribution in [0.4, 0.5) is 10.1 Å². The summed E-state index contributed by atoms with van der Waals surface area (Å²) >= 11 is 0. The van der Waals surface area contributed by atoms with Gasteiger partial charge in [0.2, 0.25) is 0 Å². The van der Waals surface area contributed by atoms with Gasteiger partial charge in [-0.1, -0.05) is 13.8 Å². The molecule has 0 spiro atoms. The molecule has 2 N–H and O–H groups in total. The molecule has 1 aromatic carbocycles. The van der Waals surface area contributed by atoms with Gasteiger partial charge in [0.1, 0.15) is 5.82 Å². The smallest absolute Gasteiger partial charge is 0.182 e. The van der Waals surface area contributed by atoms with Gasteiger partial charge >= 0.3 is 0 Å². The van der Waals surface area contributed by atoms with Crippen LogP contribution in [0.15, 0.2) is 18.2 Å². The van der Waals surface area contributed by atoms with Gasteiger partial charge in [0.05, 0.1) is 5.69 Å². The second-order valence-electron chi connectivity index (χ2n) is 4.31. The molecule has 2 rings (SSSR count). The normalized spacial score (nSPS) is 11.1. The van der Waals surface area contributed by atoms with Crippen molar-refractivity contribution < 1.29 is 4.39 Å². The largest absolute Gasteiger partial charge is 0.396 e. The number of nitrogens with zero attached hydrogens (tertiary/aromatic N) is 4. The van der Waals surface area contributed by atoms with E-state index >= 15 is 0 Å². The molecule has 0 atom stereocenters. The third-order valence-corrected chi connectivity index (χ3v) is 2.32. The SMILES string of the molecule is CC(C)Cn1nnnc1-c1ccc(F)c(N)c1. The van der Waals surface area contributed by atoms with E-state index in [4.69, 9.17) is 5.73 Å². The number of benzene rings is 1. The lowest BCUT2D eigenvalue weighted by atomic mass is 10.1. The van der Waals surface area contributed by atoms with E-state index in [-0.39, 0.29) is 5.69 Å². The maximum absolute atomic E-state index is 13.1. The minimum atomic E-state index is -0.434. The zero-order valence-corrected chi connectivity index (χ0v) is 9.76. The first-order valence-corrected chi connectivity index (χ1v) is 5.39. The van der Waals surface area contributed by atoms with Gasteiger partial charge < -0.3 is 5.73 Å². The second kappa shape index (κ2) is 4.48. The summed E-state index contributed by atoms with van der Waals surface area (Å²) in [6.45, 7) is 4.86. The number of rotatable bonds is 3. The van der Waals surface area contributed by atoms with Gasteiger partial charge in [0.25, 0.3) is 0 Å². The zero-order valence-electron chi connectivity index (χ0n) is 9.76. The van der Waals surface area contributed by atoms with Crippen molar-refractivity contribution in [3.8, 4) is 11.4 Å². The standard InChI is InChI=1S/C11H14FN5/c1-7(2)6-17-11(14-15-16-17)8-3-4-9(12)10(13)5-8/h3-5,7H,6,13H2,1-2H3.